The van der Waals surface area contributed by atoms with Gasteiger partial charge >= 0.3 is 0 Å². The number of hydrogen-bond donors (Lipinski definition) is 0. The van der Waals surface area contributed by atoms with Crippen molar-refractivity contribution in [2.75, 3.05) is 5.75 Å². The van der Waals surface area contributed by atoms with Gasteiger partial charge in [-0.25, -0.2) is 4.99 Å². The van der Waals surface area contributed by atoms with Crippen LogP contribution in [0.4, 0.5) is 0 Å². The molecule has 0 saturated carbocycles. The van der Waals surface area contributed by atoms with Crippen molar-refractivity contribution in [2.24, 2.45) is 4.99 Å². The van der Waals surface area contributed by atoms with Crippen molar-refractivity contribution in [3.05, 3.63) is 24.2 Å². The van der Waals surface area contributed by atoms with E-state index < -0.39 is 0 Å². The van der Waals surface area contributed by atoms with Crippen LogP contribution in [0.1, 0.15) is 5.76 Å². The van der Waals surface area contributed by atoms with Crippen LogP contribution in [-0.2, 0) is 4.79 Å². The van der Waals surface area contributed by atoms with Gasteiger partial charge in [0.15, 0.2) is 5.76 Å². The van der Waals surface area contributed by atoms with E-state index in [2.05, 4.69) is 4.99 Å². The first-order valence-electron chi connectivity index (χ1n) is 3.14. The Balaban J connectivity index is 2.31. The molecule has 0 spiro atoms. The molecule has 0 saturated heterocycles. The minimum Gasteiger partial charge on any atom is -0.462 e. The highest BCUT2D eigenvalue weighted by Gasteiger charge is 2.17. The van der Waals surface area contributed by atoms with Crippen LogP contribution in [0.2, 0.25) is 0 Å². The van der Waals surface area contributed by atoms with Crippen molar-refractivity contribution in [1.29, 1.82) is 0 Å². The zero-order valence-corrected chi connectivity index (χ0v) is 6.43. The molecule has 11 heavy (non-hydrogen) atoms. The third-order valence-electron chi connectivity index (χ3n) is 1.29. The molecule has 1 aliphatic rings. The molecule has 1 aliphatic heterocycles. The molecule has 1 aromatic rings. The zero-order chi connectivity index (χ0) is 7.68. The van der Waals surface area contributed by atoms with Crippen molar-refractivity contribution in [3.63, 3.8) is 0 Å². The summed E-state index contributed by atoms with van der Waals surface area (Å²) < 4.78 is 5.06. The number of hydrogen-bond acceptors (Lipinski definition) is 3. The topological polar surface area (TPSA) is 42.6 Å². The highest BCUT2D eigenvalue weighted by molar-refractivity contribution is 8.15. The van der Waals surface area contributed by atoms with Crippen LogP contribution in [0.3, 0.4) is 0 Å². The maximum absolute atomic E-state index is 10.7. The molecule has 0 N–H and O–H groups in total. The van der Waals surface area contributed by atoms with Gasteiger partial charge in [0.2, 0.25) is 0 Å². The van der Waals surface area contributed by atoms with Gasteiger partial charge in [0, 0.05) is 0 Å². The fraction of sp³-hybridized carbons (Fsp3) is 0.143. The highest BCUT2D eigenvalue weighted by atomic mass is 32.2. The van der Waals surface area contributed by atoms with Crippen LogP contribution in [0.5, 0.6) is 0 Å². The lowest BCUT2D eigenvalue weighted by atomic mass is 10.5. The van der Waals surface area contributed by atoms with Gasteiger partial charge in [-0.2, -0.15) is 0 Å². The molecule has 1 amide bonds. The highest BCUT2D eigenvalue weighted by Crippen LogP contribution is 2.19. The van der Waals surface area contributed by atoms with Crippen molar-refractivity contribution in [1.82, 2.24) is 0 Å². The Morgan fingerprint density at radius 1 is 1.64 bits per heavy atom. The van der Waals surface area contributed by atoms with Gasteiger partial charge in [-0.3, -0.25) is 4.79 Å². The maximum atomic E-state index is 10.7. The van der Waals surface area contributed by atoms with Gasteiger partial charge in [0.25, 0.3) is 5.91 Å². The summed E-state index contributed by atoms with van der Waals surface area (Å²) in [6, 6.07) is 3.58. The number of rotatable bonds is 1. The predicted octanol–water partition coefficient (Wildman–Crippen LogP) is 1.30. The van der Waals surface area contributed by atoms with Crippen molar-refractivity contribution in [2.45, 2.75) is 0 Å². The van der Waals surface area contributed by atoms with Crippen LogP contribution in [0.25, 0.3) is 0 Å². The minimum atomic E-state index is -0.0820. The predicted molar refractivity (Wildman–Crippen MR) is 42.7 cm³/mol. The largest absolute Gasteiger partial charge is 0.462 e. The first-order chi connectivity index (χ1) is 5.36. The molecule has 0 bridgehead atoms. The first kappa shape index (κ1) is 6.67. The molecule has 0 radical (unpaired) electrons. The van der Waals surface area contributed by atoms with Crippen LogP contribution in [0, 0.1) is 0 Å². The zero-order valence-electron chi connectivity index (χ0n) is 5.61. The molecule has 0 fully saturated rings. The van der Waals surface area contributed by atoms with E-state index in [4.69, 9.17) is 4.42 Å². The normalized spacial score (nSPS) is 17.1. The Labute approximate surface area is 67.5 Å². The van der Waals surface area contributed by atoms with E-state index in [1.54, 1.807) is 18.4 Å². The van der Waals surface area contributed by atoms with E-state index >= 15 is 0 Å². The molecule has 0 atom stereocenters. The van der Waals surface area contributed by atoms with Crippen molar-refractivity contribution >= 4 is 22.7 Å². The molecule has 2 rings (SSSR count). The monoisotopic (exact) mass is 167 g/mol. The van der Waals surface area contributed by atoms with E-state index in [9.17, 15) is 4.79 Å². The number of thioether (sulfide) groups is 1. The first-order valence-corrected chi connectivity index (χ1v) is 4.13. The SMILES string of the molecule is O=C1CSC(c2ccco2)=N1. The Bertz CT molecular complexity index is 302. The van der Waals surface area contributed by atoms with Gasteiger partial charge < -0.3 is 4.42 Å². The number of aliphatic imine (C=N–C) groups is 1. The third-order valence-corrected chi connectivity index (χ3v) is 2.25. The number of furan rings is 1. The molecule has 4 heteroatoms. The van der Waals surface area contributed by atoms with E-state index in [0.29, 0.717) is 16.6 Å². The van der Waals surface area contributed by atoms with Crippen LogP contribution in [-0.4, -0.2) is 16.7 Å². The average molecular weight is 167 g/mol. The molecular weight excluding hydrogens is 162 g/mol. The molecule has 0 aliphatic carbocycles. The van der Waals surface area contributed by atoms with Crippen LogP contribution >= 0.6 is 11.8 Å². The molecule has 0 aromatic carbocycles. The fourth-order valence-corrected chi connectivity index (χ4v) is 1.58. The van der Waals surface area contributed by atoms with E-state index in [1.165, 1.54) is 11.8 Å². The summed E-state index contributed by atoms with van der Waals surface area (Å²) in [6.45, 7) is 0. The number of amides is 1. The molecule has 2 heterocycles. The number of carbonyl (C=O) groups is 1. The van der Waals surface area contributed by atoms with Crippen LogP contribution < -0.4 is 0 Å². The summed E-state index contributed by atoms with van der Waals surface area (Å²) in [5.41, 5.74) is 0. The Kier molecular flexibility index (Phi) is 1.54. The van der Waals surface area contributed by atoms with Gasteiger partial charge in [-0.1, -0.05) is 11.8 Å². The van der Waals surface area contributed by atoms with E-state index in [1.807, 2.05) is 0 Å². The van der Waals surface area contributed by atoms with Gasteiger partial charge in [-0.15, -0.1) is 0 Å². The summed E-state index contributed by atoms with van der Waals surface area (Å²) in [5, 5.41) is 0.694. The number of nitrogens with zero attached hydrogens (tertiary/aromatic N) is 1. The summed E-state index contributed by atoms with van der Waals surface area (Å²) in [5.74, 6) is 1.04. The molecule has 1 aromatic heterocycles. The van der Waals surface area contributed by atoms with Gasteiger partial charge in [0.05, 0.1) is 12.0 Å². The Morgan fingerprint density at radius 2 is 2.55 bits per heavy atom. The minimum absolute atomic E-state index is 0.0820. The second-order valence-corrected chi connectivity index (χ2v) is 3.04. The quantitative estimate of drug-likeness (QED) is 0.633. The lowest BCUT2D eigenvalue weighted by Crippen LogP contribution is -1.87. The van der Waals surface area contributed by atoms with Crippen LogP contribution in [0.15, 0.2) is 27.8 Å². The molecular formula is C7H5NO2S. The standard InChI is InChI=1S/C7H5NO2S/c9-6-4-11-7(8-6)5-2-1-3-10-5/h1-3H,4H2. The smallest absolute Gasteiger partial charge is 0.257 e. The summed E-state index contributed by atoms with van der Waals surface area (Å²) in [6.07, 6.45) is 1.57. The molecule has 0 unspecified atom stereocenters. The average Bonchev–Trinajstić information content (AvgIpc) is 2.55. The Morgan fingerprint density at radius 3 is 3.09 bits per heavy atom. The van der Waals surface area contributed by atoms with E-state index in [-0.39, 0.29) is 5.91 Å². The maximum Gasteiger partial charge on any atom is 0.257 e. The van der Waals surface area contributed by atoms with Gasteiger partial charge in [-0.05, 0) is 12.1 Å². The molecule has 56 valence electrons. The summed E-state index contributed by atoms with van der Waals surface area (Å²) >= 11 is 1.41. The van der Waals surface area contributed by atoms with Crippen molar-refractivity contribution in [3.8, 4) is 0 Å². The number of carbonyl (C=O) groups excluding carboxylic acids is 1. The Hall–Kier alpha value is -1.03. The third kappa shape index (κ3) is 1.21. The lowest BCUT2D eigenvalue weighted by Gasteiger charge is -1.88. The fourth-order valence-electron chi connectivity index (χ4n) is 0.834. The summed E-state index contributed by atoms with van der Waals surface area (Å²) in [4.78, 5) is 14.5. The summed E-state index contributed by atoms with van der Waals surface area (Å²) in [7, 11) is 0. The second kappa shape index (κ2) is 2.54. The van der Waals surface area contributed by atoms with E-state index in [0.717, 1.165) is 0 Å². The van der Waals surface area contributed by atoms with Gasteiger partial charge in [0.1, 0.15) is 5.04 Å². The lowest BCUT2D eigenvalue weighted by molar-refractivity contribution is -0.115. The molecule has 3 nitrogen and oxygen atoms in total. The van der Waals surface area contributed by atoms with Crippen molar-refractivity contribution < 1.29 is 9.21 Å². The second-order valence-electron chi connectivity index (χ2n) is 2.08.